The van der Waals surface area contributed by atoms with Crippen molar-refractivity contribution < 1.29 is 9.18 Å². The van der Waals surface area contributed by atoms with Gasteiger partial charge in [0.1, 0.15) is 5.82 Å². The number of halogens is 2. The van der Waals surface area contributed by atoms with Crippen molar-refractivity contribution in [2.75, 3.05) is 19.0 Å². The number of carbonyl (C=O) groups is 1. The van der Waals surface area contributed by atoms with Gasteiger partial charge < -0.3 is 4.90 Å². The van der Waals surface area contributed by atoms with E-state index in [-0.39, 0.29) is 11.5 Å². The molecule has 0 saturated carbocycles. The number of rotatable bonds is 2. The normalized spacial score (nSPS) is 19.9. The molecule has 1 aromatic carbocycles. The van der Waals surface area contributed by atoms with Crippen LogP contribution >= 0.6 is 11.6 Å². The molecule has 1 unspecified atom stereocenters. The predicted octanol–water partition coefficient (Wildman–Crippen LogP) is 3.23. The standard InChI is InChI=1S/C14H17ClFNO/c1-10-4-5-13(16)12(7-10)14(18)17-6-2-3-11(8-15)9-17/h4-5,7,11H,2-3,6,8-9H2,1H3. The zero-order valence-electron chi connectivity index (χ0n) is 10.5. The van der Waals surface area contributed by atoms with Crippen molar-refractivity contribution >= 4 is 17.5 Å². The molecule has 2 rings (SSSR count). The molecule has 0 spiro atoms. The van der Waals surface area contributed by atoms with Crippen molar-refractivity contribution in [2.45, 2.75) is 19.8 Å². The van der Waals surface area contributed by atoms with E-state index < -0.39 is 5.82 Å². The maximum Gasteiger partial charge on any atom is 0.256 e. The average molecular weight is 270 g/mol. The molecule has 0 bridgehead atoms. The number of amides is 1. The lowest BCUT2D eigenvalue weighted by atomic mass is 9.99. The van der Waals surface area contributed by atoms with Gasteiger partial charge >= 0.3 is 0 Å². The topological polar surface area (TPSA) is 20.3 Å². The molecule has 1 atom stereocenters. The van der Waals surface area contributed by atoms with E-state index in [1.165, 1.54) is 6.07 Å². The van der Waals surface area contributed by atoms with E-state index in [0.717, 1.165) is 18.4 Å². The highest BCUT2D eigenvalue weighted by Gasteiger charge is 2.25. The predicted molar refractivity (Wildman–Crippen MR) is 70.5 cm³/mol. The summed E-state index contributed by atoms with van der Waals surface area (Å²) >= 11 is 5.84. The lowest BCUT2D eigenvalue weighted by Crippen LogP contribution is -2.40. The Morgan fingerprint density at radius 3 is 3.06 bits per heavy atom. The quantitative estimate of drug-likeness (QED) is 0.755. The highest BCUT2D eigenvalue weighted by molar-refractivity contribution is 6.18. The number of benzene rings is 1. The van der Waals surface area contributed by atoms with Crippen molar-refractivity contribution in [2.24, 2.45) is 5.92 Å². The first-order valence-corrected chi connectivity index (χ1v) is 6.76. The Kier molecular flexibility index (Phi) is 4.23. The molecule has 1 aromatic rings. The van der Waals surface area contributed by atoms with Crippen LogP contribution in [0.2, 0.25) is 0 Å². The molecule has 18 heavy (non-hydrogen) atoms. The minimum absolute atomic E-state index is 0.172. The molecular formula is C14H17ClFNO. The van der Waals surface area contributed by atoms with Gasteiger partial charge in [0.25, 0.3) is 5.91 Å². The van der Waals surface area contributed by atoms with Crippen LogP contribution in [0.25, 0.3) is 0 Å². The summed E-state index contributed by atoms with van der Waals surface area (Å²) < 4.78 is 13.7. The zero-order valence-corrected chi connectivity index (χ0v) is 11.2. The van der Waals surface area contributed by atoms with Crippen molar-refractivity contribution in [1.82, 2.24) is 4.90 Å². The number of likely N-dealkylation sites (tertiary alicyclic amines) is 1. The summed E-state index contributed by atoms with van der Waals surface area (Å²) in [4.78, 5) is 14.0. The van der Waals surface area contributed by atoms with Gasteiger partial charge in [-0.3, -0.25) is 4.79 Å². The Morgan fingerprint density at radius 2 is 2.33 bits per heavy atom. The summed E-state index contributed by atoms with van der Waals surface area (Å²) in [6, 6.07) is 4.64. The van der Waals surface area contributed by atoms with Gasteiger partial charge in [-0.1, -0.05) is 11.6 Å². The van der Waals surface area contributed by atoms with Gasteiger partial charge in [-0.05, 0) is 37.8 Å². The van der Waals surface area contributed by atoms with Crippen molar-refractivity contribution in [3.8, 4) is 0 Å². The smallest absolute Gasteiger partial charge is 0.256 e. The summed E-state index contributed by atoms with van der Waals surface area (Å²) in [5.74, 6) is 0.224. The fourth-order valence-electron chi connectivity index (χ4n) is 2.35. The van der Waals surface area contributed by atoms with E-state index in [1.54, 1.807) is 17.0 Å². The minimum Gasteiger partial charge on any atom is -0.338 e. The van der Waals surface area contributed by atoms with Crippen LogP contribution in [0.4, 0.5) is 4.39 Å². The number of aryl methyl sites for hydroxylation is 1. The van der Waals surface area contributed by atoms with Crippen LogP contribution < -0.4 is 0 Å². The van der Waals surface area contributed by atoms with Crippen LogP contribution in [0, 0.1) is 18.7 Å². The Morgan fingerprint density at radius 1 is 1.56 bits per heavy atom. The van der Waals surface area contributed by atoms with Gasteiger partial charge in [0.05, 0.1) is 5.56 Å². The molecule has 1 fully saturated rings. The molecule has 1 aliphatic rings. The SMILES string of the molecule is Cc1ccc(F)c(C(=O)N2CCCC(CCl)C2)c1. The largest absolute Gasteiger partial charge is 0.338 e. The Balaban J connectivity index is 2.17. The molecule has 0 aromatic heterocycles. The van der Waals surface area contributed by atoms with Crippen LogP contribution in [-0.4, -0.2) is 29.8 Å². The van der Waals surface area contributed by atoms with Gasteiger partial charge in [-0.25, -0.2) is 4.39 Å². The number of hydrogen-bond donors (Lipinski definition) is 0. The first-order chi connectivity index (χ1) is 8.61. The second-order valence-electron chi connectivity index (χ2n) is 4.90. The van der Waals surface area contributed by atoms with Crippen molar-refractivity contribution in [3.63, 3.8) is 0 Å². The van der Waals surface area contributed by atoms with Gasteiger partial charge in [-0.15, -0.1) is 11.6 Å². The maximum absolute atomic E-state index is 13.7. The molecule has 98 valence electrons. The van der Waals surface area contributed by atoms with Crippen LogP contribution in [-0.2, 0) is 0 Å². The Bertz CT molecular complexity index is 449. The Hall–Kier alpha value is -1.09. The molecule has 1 heterocycles. The van der Waals surface area contributed by atoms with E-state index >= 15 is 0 Å². The number of piperidine rings is 1. The number of nitrogens with zero attached hydrogens (tertiary/aromatic N) is 1. The minimum atomic E-state index is -0.446. The summed E-state index contributed by atoms with van der Waals surface area (Å²) in [5, 5.41) is 0. The van der Waals surface area contributed by atoms with Crippen LogP contribution in [0.1, 0.15) is 28.8 Å². The highest BCUT2D eigenvalue weighted by atomic mass is 35.5. The molecule has 1 amide bonds. The van der Waals surface area contributed by atoms with Gasteiger partial charge in [0.2, 0.25) is 0 Å². The number of carbonyl (C=O) groups excluding carboxylic acids is 1. The average Bonchev–Trinajstić information content (AvgIpc) is 2.41. The first kappa shape index (κ1) is 13.3. The van der Waals surface area contributed by atoms with Crippen LogP contribution in [0.15, 0.2) is 18.2 Å². The number of alkyl halides is 1. The van der Waals surface area contributed by atoms with Crippen LogP contribution in [0.5, 0.6) is 0 Å². The maximum atomic E-state index is 13.7. The second-order valence-corrected chi connectivity index (χ2v) is 5.21. The molecule has 0 radical (unpaired) electrons. The first-order valence-electron chi connectivity index (χ1n) is 6.23. The Labute approximate surface area is 112 Å². The monoisotopic (exact) mass is 269 g/mol. The second kappa shape index (κ2) is 5.70. The lowest BCUT2D eigenvalue weighted by molar-refractivity contribution is 0.0680. The fraction of sp³-hybridized carbons (Fsp3) is 0.500. The lowest BCUT2D eigenvalue weighted by Gasteiger charge is -2.32. The van der Waals surface area contributed by atoms with E-state index in [2.05, 4.69) is 0 Å². The van der Waals surface area contributed by atoms with Gasteiger partial charge in [0, 0.05) is 19.0 Å². The van der Waals surface area contributed by atoms with Crippen molar-refractivity contribution in [1.29, 1.82) is 0 Å². The third-order valence-corrected chi connectivity index (χ3v) is 3.81. The third-order valence-electron chi connectivity index (χ3n) is 3.38. The molecule has 2 nitrogen and oxygen atoms in total. The molecular weight excluding hydrogens is 253 g/mol. The molecule has 0 N–H and O–H groups in total. The van der Waals surface area contributed by atoms with Crippen LogP contribution in [0.3, 0.4) is 0 Å². The van der Waals surface area contributed by atoms with E-state index in [0.29, 0.717) is 24.9 Å². The summed E-state index contributed by atoms with van der Waals surface area (Å²) in [6.07, 6.45) is 1.99. The van der Waals surface area contributed by atoms with E-state index in [1.807, 2.05) is 6.92 Å². The highest BCUT2D eigenvalue weighted by Crippen LogP contribution is 2.21. The summed E-state index contributed by atoms with van der Waals surface area (Å²) in [7, 11) is 0. The van der Waals surface area contributed by atoms with Gasteiger partial charge in [0.15, 0.2) is 0 Å². The molecule has 0 aliphatic carbocycles. The molecule has 1 aliphatic heterocycles. The summed E-state index contributed by atoms with van der Waals surface area (Å²) in [6.45, 7) is 3.18. The van der Waals surface area contributed by atoms with E-state index in [4.69, 9.17) is 11.6 Å². The summed E-state index contributed by atoms with van der Waals surface area (Å²) in [5.41, 5.74) is 1.07. The third kappa shape index (κ3) is 2.83. The molecule has 1 saturated heterocycles. The molecule has 4 heteroatoms. The van der Waals surface area contributed by atoms with Crippen molar-refractivity contribution in [3.05, 3.63) is 35.1 Å². The van der Waals surface area contributed by atoms with Gasteiger partial charge in [-0.2, -0.15) is 0 Å². The zero-order chi connectivity index (χ0) is 13.1. The van der Waals surface area contributed by atoms with E-state index in [9.17, 15) is 9.18 Å². The number of hydrogen-bond acceptors (Lipinski definition) is 1. The fourth-order valence-corrected chi connectivity index (χ4v) is 2.60.